The zero-order valence-corrected chi connectivity index (χ0v) is 41.2. The van der Waals surface area contributed by atoms with E-state index in [0.29, 0.717) is 19.3 Å². The van der Waals surface area contributed by atoms with Crippen LogP contribution in [-0.4, -0.2) is 46.9 Å². The van der Waals surface area contributed by atoms with E-state index in [-0.39, 0.29) is 24.9 Å². The lowest BCUT2D eigenvalue weighted by atomic mass is 10.0. The Kier molecular flexibility index (Phi) is 47.7. The lowest BCUT2D eigenvalue weighted by Crippen LogP contribution is -2.46. The molecule has 0 fully saturated rings. The van der Waals surface area contributed by atoms with E-state index in [1.165, 1.54) is 109 Å². The van der Waals surface area contributed by atoms with Gasteiger partial charge in [0.1, 0.15) is 6.10 Å². The largest absolute Gasteiger partial charge is 0.458 e. The van der Waals surface area contributed by atoms with Crippen LogP contribution in [0.3, 0.4) is 0 Å². The number of carbonyl (C=O) groups is 2. The van der Waals surface area contributed by atoms with Crippen LogP contribution in [0.25, 0.3) is 0 Å². The molecule has 0 saturated carbocycles. The number of aliphatic hydroxyl groups is 2. The van der Waals surface area contributed by atoms with Crippen LogP contribution in [0, 0.1) is 0 Å². The molecule has 0 aromatic rings. The molecule has 0 aliphatic rings. The molecule has 362 valence electrons. The van der Waals surface area contributed by atoms with E-state index in [4.69, 9.17) is 4.74 Å². The van der Waals surface area contributed by atoms with Gasteiger partial charge in [-0.05, 0) is 76.7 Å². The third kappa shape index (κ3) is 45.4. The predicted octanol–water partition coefficient (Wildman–Crippen LogP) is 16.0. The Morgan fingerprint density at radius 1 is 0.492 bits per heavy atom. The first-order chi connectivity index (χ1) is 31.0. The molecule has 0 saturated heterocycles. The summed E-state index contributed by atoms with van der Waals surface area (Å²) in [4.78, 5) is 26.1. The second-order valence-corrected chi connectivity index (χ2v) is 17.5. The topological polar surface area (TPSA) is 95.9 Å². The minimum Gasteiger partial charge on any atom is -0.458 e. The number of carbonyl (C=O) groups excluding carboxylic acids is 2. The van der Waals surface area contributed by atoms with Gasteiger partial charge in [-0.2, -0.15) is 0 Å². The standard InChI is InChI=1S/C57H99NO5/c1-4-7-10-13-16-19-22-25-28-29-31-34-37-40-43-46-49-55(60)54(52-59)58-56(61)51-53(48-45-42-39-36-33-30-26-23-20-17-14-11-8-5-2)63-57(62)50-47-44-41-38-35-32-27-24-21-18-15-12-9-6-3/h8-9,11-12,17-18,20-21,26,30,36,39,45,48,53-55,59-60H,4-7,10,13-16,19,22-25,27-29,31-35,37-38,40-44,46-47,49-52H2,1-3H3,(H,58,61)/b11-8+,12-9+,20-17+,21-18+,30-26+,39-36+,48-45+. The van der Waals surface area contributed by atoms with Gasteiger partial charge in [-0.3, -0.25) is 9.59 Å². The molecular formula is C57H99NO5. The summed E-state index contributed by atoms with van der Waals surface area (Å²) in [6.07, 6.45) is 65.3. The molecule has 0 bridgehead atoms. The number of nitrogens with one attached hydrogen (secondary N) is 1. The number of hydrogen-bond acceptors (Lipinski definition) is 5. The highest BCUT2D eigenvalue weighted by Gasteiger charge is 2.23. The number of rotatable bonds is 46. The fourth-order valence-electron chi connectivity index (χ4n) is 7.55. The number of aliphatic hydroxyl groups excluding tert-OH is 2. The first kappa shape index (κ1) is 60.0. The number of ether oxygens (including phenoxy) is 1. The summed E-state index contributed by atoms with van der Waals surface area (Å²) in [5.41, 5.74) is 0. The van der Waals surface area contributed by atoms with Crippen LogP contribution in [0.1, 0.15) is 239 Å². The van der Waals surface area contributed by atoms with Gasteiger partial charge in [0, 0.05) is 6.42 Å². The fourth-order valence-corrected chi connectivity index (χ4v) is 7.55. The Morgan fingerprint density at radius 3 is 1.35 bits per heavy atom. The number of esters is 1. The molecule has 0 aromatic carbocycles. The van der Waals surface area contributed by atoms with Gasteiger partial charge < -0.3 is 20.3 Å². The maximum atomic E-state index is 13.2. The Bertz CT molecular complexity index is 1210. The summed E-state index contributed by atoms with van der Waals surface area (Å²) >= 11 is 0. The van der Waals surface area contributed by atoms with E-state index in [9.17, 15) is 19.8 Å². The quantitative estimate of drug-likeness (QED) is 0.0322. The molecule has 63 heavy (non-hydrogen) atoms. The van der Waals surface area contributed by atoms with Crippen LogP contribution in [-0.2, 0) is 14.3 Å². The van der Waals surface area contributed by atoms with Crippen LogP contribution >= 0.6 is 0 Å². The molecule has 1 amide bonds. The smallest absolute Gasteiger partial charge is 0.306 e. The van der Waals surface area contributed by atoms with E-state index in [0.717, 1.165) is 83.5 Å². The number of unbranched alkanes of at least 4 members (excludes halogenated alkanes) is 22. The molecule has 0 heterocycles. The summed E-state index contributed by atoms with van der Waals surface area (Å²) in [5.74, 6) is -0.640. The number of allylic oxidation sites excluding steroid dienone is 13. The number of amides is 1. The van der Waals surface area contributed by atoms with Crippen molar-refractivity contribution in [2.75, 3.05) is 6.61 Å². The van der Waals surface area contributed by atoms with Crippen molar-refractivity contribution >= 4 is 11.9 Å². The van der Waals surface area contributed by atoms with Crippen LogP contribution in [0.2, 0.25) is 0 Å². The lowest BCUT2D eigenvalue weighted by Gasteiger charge is -2.23. The van der Waals surface area contributed by atoms with Gasteiger partial charge in [0.05, 0.1) is 25.2 Å². The Morgan fingerprint density at radius 2 is 0.889 bits per heavy atom. The average Bonchev–Trinajstić information content (AvgIpc) is 3.28. The highest BCUT2D eigenvalue weighted by molar-refractivity contribution is 5.78. The SMILES string of the molecule is CC/C=C/C/C=C/C/C=C/C/C=C/C/C=C/C(CC(=O)NC(CO)C(O)CCCCCCCCCCCCCCCCCC)OC(=O)CCCCCCCCC/C=C/C/C=C/CC. The normalized spacial score (nSPS) is 13.9. The molecule has 0 aromatic heterocycles. The third-order valence-corrected chi connectivity index (χ3v) is 11.5. The van der Waals surface area contributed by atoms with Gasteiger partial charge in [0.25, 0.3) is 0 Å². The van der Waals surface area contributed by atoms with Crippen molar-refractivity contribution in [3.63, 3.8) is 0 Å². The van der Waals surface area contributed by atoms with Crippen molar-refractivity contribution < 1.29 is 24.5 Å². The monoisotopic (exact) mass is 878 g/mol. The molecule has 0 aliphatic carbocycles. The molecule has 6 nitrogen and oxygen atoms in total. The van der Waals surface area contributed by atoms with Crippen LogP contribution in [0.4, 0.5) is 0 Å². The first-order valence-electron chi connectivity index (χ1n) is 26.3. The Balaban J connectivity index is 4.69. The highest BCUT2D eigenvalue weighted by Crippen LogP contribution is 2.16. The second kappa shape index (κ2) is 50.0. The van der Waals surface area contributed by atoms with Crippen molar-refractivity contribution in [3.8, 4) is 0 Å². The highest BCUT2D eigenvalue weighted by atomic mass is 16.5. The van der Waals surface area contributed by atoms with Gasteiger partial charge in [0.2, 0.25) is 5.91 Å². The minimum atomic E-state index is -0.824. The van der Waals surface area contributed by atoms with E-state index in [2.05, 4.69) is 99.0 Å². The van der Waals surface area contributed by atoms with Crippen molar-refractivity contribution in [2.45, 2.75) is 257 Å². The van der Waals surface area contributed by atoms with Gasteiger partial charge >= 0.3 is 5.97 Å². The second-order valence-electron chi connectivity index (χ2n) is 17.5. The van der Waals surface area contributed by atoms with Crippen molar-refractivity contribution in [1.29, 1.82) is 0 Å². The van der Waals surface area contributed by atoms with Gasteiger partial charge in [-0.1, -0.05) is 235 Å². The van der Waals surface area contributed by atoms with Gasteiger partial charge in [-0.15, -0.1) is 0 Å². The zero-order chi connectivity index (χ0) is 45.9. The van der Waals surface area contributed by atoms with Crippen LogP contribution < -0.4 is 5.32 Å². The Hall–Kier alpha value is -2.96. The molecule has 0 aliphatic heterocycles. The molecule has 0 rings (SSSR count). The summed E-state index contributed by atoms with van der Waals surface area (Å²) in [6, 6.07) is -0.747. The van der Waals surface area contributed by atoms with Gasteiger partial charge in [-0.25, -0.2) is 0 Å². The predicted molar refractivity (Wildman–Crippen MR) is 273 cm³/mol. The molecular weight excluding hydrogens is 779 g/mol. The van der Waals surface area contributed by atoms with E-state index in [1.54, 1.807) is 6.08 Å². The summed E-state index contributed by atoms with van der Waals surface area (Å²) in [6.45, 7) is 6.23. The average molecular weight is 878 g/mol. The van der Waals surface area contributed by atoms with Gasteiger partial charge in [0.15, 0.2) is 0 Å². The molecule has 3 unspecified atom stereocenters. The first-order valence-corrected chi connectivity index (χ1v) is 26.3. The molecule has 3 N–H and O–H groups in total. The molecule has 0 spiro atoms. The third-order valence-electron chi connectivity index (χ3n) is 11.5. The molecule has 6 heteroatoms. The molecule has 3 atom stereocenters. The van der Waals surface area contributed by atoms with E-state index in [1.807, 2.05) is 6.08 Å². The zero-order valence-electron chi connectivity index (χ0n) is 41.2. The molecule has 0 radical (unpaired) electrons. The van der Waals surface area contributed by atoms with Crippen molar-refractivity contribution in [2.24, 2.45) is 0 Å². The van der Waals surface area contributed by atoms with E-state index < -0.39 is 18.2 Å². The van der Waals surface area contributed by atoms with E-state index >= 15 is 0 Å². The fraction of sp³-hybridized carbons (Fsp3) is 0.719. The summed E-state index contributed by atoms with van der Waals surface area (Å²) in [7, 11) is 0. The minimum absolute atomic E-state index is 0.0522. The van der Waals surface area contributed by atoms with Crippen LogP contribution in [0.15, 0.2) is 85.1 Å². The number of hydrogen-bond donors (Lipinski definition) is 3. The summed E-state index contributed by atoms with van der Waals surface area (Å²) < 4.78 is 5.82. The van der Waals surface area contributed by atoms with Crippen molar-refractivity contribution in [1.82, 2.24) is 5.32 Å². The Labute approximate surface area is 389 Å². The maximum Gasteiger partial charge on any atom is 0.306 e. The maximum absolute atomic E-state index is 13.2. The van der Waals surface area contributed by atoms with Crippen LogP contribution in [0.5, 0.6) is 0 Å². The summed E-state index contributed by atoms with van der Waals surface area (Å²) in [5, 5.41) is 23.7. The van der Waals surface area contributed by atoms with Crippen molar-refractivity contribution in [3.05, 3.63) is 85.1 Å². The lowest BCUT2D eigenvalue weighted by molar-refractivity contribution is -0.148.